The van der Waals surface area contributed by atoms with E-state index in [-0.39, 0.29) is 23.9 Å². The Bertz CT molecular complexity index is 856. The zero-order valence-corrected chi connectivity index (χ0v) is 15.6. The number of hydrogen-bond acceptors (Lipinski definition) is 3. The van der Waals surface area contributed by atoms with Crippen LogP contribution in [0.5, 0.6) is 0 Å². The quantitative estimate of drug-likeness (QED) is 0.702. The maximum Gasteiger partial charge on any atom is 0.226 e. The van der Waals surface area contributed by atoms with Gasteiger partial charge in [-0.1, -0.05) is 23.7 Å². The van der Waals surface area contributed by atoms with E-state index in [1.165, 1.54) is 26.0 Å². The minimum atomic E-state index is -0.611. The minimum Gasteiger partial charge on any atom is -0.349 e. The fourth-order valence-corrected chi connectivity index (χ4v) is 2.60. The van der Waals surface area contributed by atoms with Gasteiger partial charge in [0.15, 0.2) is 0 Å². The van der Waals surface area contributed by atoms with Gasteiger partial charge in [0.1, 0.15) is 5.82 Å². The van der Waals surface area contributed by atoms with Crippen molar-refractivity contribution in [1.82, 2.24) is 5.32 Å². The molecule has 2 rings (SSSR count). The first-order chi connectivity index (χ1) is 12.7. The Morgan fingerprint density at radius 1 is 1.00 bits per heavy atom. The van der Waals surface area contributed by atoms with E-state index in [4.69, 9.17) is 11.6 Å². The molecule has 2 aromatic rings. The summed E-state index contributed by atoms with van der Waals surface area (Å²) in [6.07, 6.45) is -0.0337. The standard InChI is InChI=1S/C19H19ClFN3O3/c1-11(25)22-17(13-3-5-14(20)6-4-13)10-19(27)24-15-7-8-16(21)18(9-15)23-12(2)26/h3-9,17H,10H2,1-2H3,(H,22,25)(H,23,26)(H,24,27). The molecule has 3 amide bonds. The number of carbonyl (C=O) groups is 3. The summed E-state index contributed by atoms with van der Waals surface area (Å²) in [7, 11) is 0. The van der Waals surface area contributed by atoms with Crippen LogP contribution in [0.25, 0.3) is 0 Å². The third-order valence-corrected chi connectivity index (χ3v) is 3.85. The molecule has 0 saturated carbocycles. The van der Waals surface area contributed by atoms with Crippen molar-refractivity contribution in [2.24, 2.45) is 0 Å². The summed E-state index contributed by atoms with van der Waals surface area (Å²) in [6, 6.07) is 10.1. The highest BCUT2D eigenvalue weighted by Gasteiger charge is 2.18. The number of amides is 3. The largest absolute Gasteiger partial charge is 0.349 e. The lowest BCUT2D eigenvalue weighted by molar-refractivity contribution is -0.120. The zero-order valence-electron chi connectivity index (χ0n) is 14.8. The summed E-state index contributed by atoms with van der Waals surface area (Å²) in [5.41, 5.74) is 1.02. The Labute approximate surface area is 161 Å². The van der Waals surface area contributed by atoms with E-state index in [0.29, 0.717) is 10.7 Å². The van der Waals surface area contributed by atoms with Gasteiger partial charge in [-0.15, -0.1) is 0 Å². The van der Waals surface area contributed by atoms with Crippen molar-refractivity contribution in [2.45, 2.75) is 26.3 Å². The first-order valence-electron chi connectivity index (χ1n) is 8.14. The van der Waals surface area contributed by atoms with Crippen molar-refractivity contribution >= 4 is 40.7 Å². The molecule has 2 aromatic carbocycles. The Balaban J connectivity index is 2.12. The second-order valence-electron chi connectivity index (χ2n) is 5.93. The number of benzene rings is 2. The van der Waals surface area contributed by atoms with Crippen LogP contribution in [0.4, 0.5) is 15.8 Å². The fraction of sp³-hybridized carbons (Fsp3) is 0.211. The molecule has 0 aliphatic heterocycles. The molecule has 0 spiro atoms. The van der Waals surface area contributed by atoms with Gasteiger partial charge in [0.05, 0.1) is 18.2 Å². The predicted octanol–water partition coefficient (Wildman–Crippen LogP) is 3.64. The van der Waals surface area contributed by atoms with E-state index in [0.717, 1.165) is 11.6 Å². The molecule has 27 heavy (non-hydrogen) atoms. The van der Waals surface area contributed by atoms with Crippen molar-refractivity contribution < 1.29 is 18.8 Å². The Morgan fingerprint density at radius 2 is 1.67 bits per heavy atom. The number of halogens is 2. The summed E-state index contributed by atoms with van der Waals surface area (Å²) in [4.78, 5) is 35.0. The lowest BCUT2D eigenvalue weighted by Crippen LogP contribution is -2.29. The molecule has 0 saturated heterocycles. The fourth-order valence-electron chi connectivity index (χ4n) is 2.48. The normalized spacial score (nSPS) is 11.4. The smallest absolute Gasteiger partial charge is 0.226 e. The number of carbonyl (C=O) groups excluding carboxylic acids is 3. The maximum absolute atomic E-state index is 13.7. The number of nitrogens with one attached hydrogen (secondary N) is 3. The first kappa shape index (κ1) is 20.4. The van der Waals surface area contributed by atoms with Crippen molar-refractivity contribution in [3.63, 3.8) is 0 Å². The summed E-state index contributed by atoms with van der Waals surface area (Å²) >= 11 is 5.87. The van der Waals surface area contributed by atoms with Gasteiger partial charge in [0.25, 0.3) is 0 Å². The van der Waals surface area contributed by atoms with Crippen LogP contribution in [0.2, 0.25) is 5.02 Å². The molecule has 0 bridgehead atoms. The molecule has 0 radical (unpaired) electrons. The van der Waals surface area contributed by atoms with Crippen LogP contribution in [-0.2, 0) is 14.4 Å². The number of anilines is 2. The van der Waals surface area contributed by atoms with Gasteiger partial charge in [-0.3, -0.25) is 14.4 Å². The van der Waals surface area contributed by atoms with Crippen LogP contribution in [0.1, 0.15) is 31.9 Å². The van der Waals surface area contributed by atoms with Gasteiger partial charge in [-0.05, 0) is 35.9 Å². The van der Waals surface area contributed by atoms with Gasteiger partial charge in [0.2, 0.25) is 17.7 Å². The van der Waals surface area contributed by atoms with Gasteiger partial charge in [-0.2, -0.15) is 0 Å². The maximum atomic E-state index is 13.7. The molecule has 1 unspecified atom stereocenters. The third-order valence-electron chi connectivity index (χ3n) is 3.60. The molecule has 0 fully saturated rings. The van der Waals surface area contributed by atoms with Crippen LogP contribution in [0.15, 0.2) is 42.5 Å². The average molecular weight is 392 g/mol. The average Bonchev–Trinajstić information content (AvgIpc) is 2.57. The van der Waals surface area contributed by atoms with Crippen LogP contribution in [0.3, 0.4) is 0 Å². The highest BCUT2D eigenvalue weighted by molar-refractivity contribution is 6.30. The highest BCUT2D eigenvalue weighted by atomic mass is 35.5. The summed E-state index contributed by atoms with van der Waals surface area (Å²) in [5.74, 6) is -1.70. The molecule has 0 heterocycles. The topological polar surface area (TPSA) is 87.3 Å². The molecule has 0 aliphatic rings. The lowest BCUT2D eigenvalue weighted by atomic mass is 10.0. The predicted molar refractivity (Wildman–Crippen MR) is 102 cm³/mol. The van der Waals surface area contributed by atoms with E-state index in [9.17, 15) is 18.8 Å². The first-order valence-corrected chi connectivity index (χ1v) is 8.52. The molecular formula is C19H19ClFN3O3. The molecule has 8 heteroatoms. The molecule has 6 nitrogen and oxygen atoms in total. The summed E-state index contributed by atoms with van der Waals surface area (Å²) < 4.78 is 13.7. The Morgan fingerprint density at radius 3 is 2.26 bits per heavy atom. The van der Waals surface area contributed by atoms with Crippen LogP contribution >= 0.6 is 11.6 Å². The molecule has 3 N–H and O–H groups in total. The second kappa shape index (κ2) is 9.14. The molecule has 0 aromatic heterocycles. The summed E-state index contributed by atoms with van der Waals surface area (Å²) in [5, 5.41) is 8.25. The minimum absolute atomic E-state index is 0.0311. The van der Waals surface area contributed by atoms with E-state index in [1.807, 2.05) is 0 Å². The van der Waals surface area contributed by atoms with Crippen molar-refractivity contribution in [1.29, 1.82) is 0 Å². The Kier molecular flexibility index (Phi) is 6.90. The van der Waals surface area contributed by atoms with Gasteiger partial charge < -0.3 is 16.0 Å². The van der Waals surface area contributed by atoms with E-state index >= 15 is 0 Å². The number of rotatable bonds is 6. The third kappa shape index (κ3) is 6.38. The van der Waals surface area contributed by atoms with E-state index in [1.54, 1.807) is 24.3 Å². The van der Waals surface area contributed by atoms with Gasteiger partial charge in [-0.25, -0.2) is 4.39 Å². The monoisotopic (exact) mass is 391 g/mol. The number of hydrogen-bond donors (Lipinski definition) is 3. The molecule has 0 aliphatic carbocycles. The van der Waals surface area contributed by atoms with Crippen molar-refractivity contribution in [3.05, 3.63) is 58.9 Å². The van der Waals surface area contributed by atoms with Crippen LogP contribution in [0, 0.1) is 5.82 Å². The van der Waals surface area contributed by atoms with Gasteiger partial charge in [0, 0.05) is 24.6 Å². The van der Waals surface area contributed by atoms with E-state index in [2.05, 4.69) is 16.0 Å². The Hall–Kier alpha value is -2.93. The second-order valence-corrected chi connectivity index (χ2v) is 6.37. The molecular weight excluding hydrogens is 373 g/mol. The molecule has 1 atom stereocenters. The zero-order chi connectivity index (χ0) is 20.0. The van der Waals surface area contributed by atoms with Gasteiger partial charge >= 0.3 is 0 Å². The van der Waals surface area contributed by atoms with E-state index < -0.39 is 17.8 Å². The summed E-state index contributed by atoms with van der Waals surface area (Å²) in [6.45, 7) is 2.62. The van der Waals surface area contributed by atoms with Crippen LogP contribution < -0.4 is 16.0 Å². The lowest BCUT2D eigenvalue weighted by Gasteiger charge is -2.18. The highest BCUT2D eigenvalue weighted by Crippen LogP contribution is 2.22. The van der Waals surface area contributed by atoms with Crippen molar-refractivity contribution in [2.75, 3.05) is 10.6 Å². The SMILES string of the molecule is CC(=O)Nc1cc(NC(=O)CC(NC(C)=O)c2ccc(Cl)cc2)ccc1F. The van der Waals surface area contributed by atoms with Crippen molar-refractivity contribution in [3.8, 4) is 0 Å². The van der Waals surface area contributed by atoms with Crippen LogP contribution in [-0.4, -0.2) is 17.7 Å². The molecule has 142 valence electrons.